The van der Waals surface area contributed by atoms with E-state index in [1.165, 1.54) is 11.1 Å². The van der Waals surface area contributed by atoms with Crippen LogP contribution in [0.25, 0.3) is 0 Å². The van der Waals surface area contributed by atoms with Crippen LogP contribution in [0.1, 0.15) is 30.4 Å². The fraction of sp³-hybridized carbons (Fsp3) is 0.562. The molecule has 110 valence electrons. The Hall–Kier alpha value is -1.00. The Labute approximate surface area is 125 Å². The molecule has 4 atom stereocenters. The molecule has 4 heteroatoms. The lowest BCUT2D eigenvalue weighted by atomic mass is 10.0. The molecule has 4 unspecified atom stereocenters. The lowest BCUT2D eigenvalue weighted by molar-refractivity contribution is -0.123. The highest BCUT2D eigenvalue weighted by molar-refractivity contribution is 7.99. The number of amides is 1. The van der Waals surface area contributed by atoms with Crippen LogP contribution in [-0.4, -0.2) is 35.2 Å². The van der Waals surface area contributed by atoms with E-state index >= 15 is 0 Å². The molecule has 1 aliphatic rings. The van der Waals surface area contributed by atoms with Gasteiger partial charge >= 0.3 is 0 Å². The summed E-state index contributed by atoms with van der Waals surface area (Å²) < 4.78 is 0. The summed E-state index contributed by atoms with van der Waals surface area (Å²) in [4.78, 5) is 12.2. The number of aryl methyl sites for hydroxylation is 1. The van der Waals surface area contributed by atoms with Crippen LogP contribution in [0.5, 0.6) is 0 Å². The topological polar surface area (TPSA) is 49.3 Å². The van der Waals surface area contributed by atoms with Gasteiger partial charge in [-0.05, 0) is 43.6 Å². The van der Waals surface area contributed by atoms with Crippen LogP contribution < -0.4 is 5.32 Å². The summed E-state index contributed by atoms with van der Waals surface area (Å²) in [6, 6.07) is 8.28. The van der Waals surface area contributed by atoms with Gasteiger partial charge in [-0.15, -0.1) is 0 Å². The van der Waals surface area contributed by atoms with Crippen molar-refractivity contribution in [1.29, 1.82) is 0 Å². The number of hydrogen-bond acceptors (Lipinski definition) is 3. The van der Waals surface area contributed by atoms with Crippen LogP contribution in [0.2, 0.25) is 0 Å². The number of carbonyl (C=O) groups is 1. The first-order chi connectivity index (χ1) is 9.58. The van der Waals surface area contributed by atoms with Crippen LogP contribution in [-0.2, 0) is 4.79 Å². The van der Waals surface area contributed by atoms with Gasteiger partial charge in [0.2, 0.25) is 5.91 Å². The third-order valence-corrected chi connectivity index (χ3v) is 5.29. The zero-order chi connectivity index (χ0) is 14.7. The molecule has 1 amide bonds. The van der Waals surface area contributed by atoms with Crippen molar-refractivity contribution in [3.05, 3.63) is 35.4 Å². The highest BCUT2D eigenvalue weighted by Crippen LogP contribution is 2.48. The van der Waals surface area contributed by atoms with Gasteiger partial charge in [0.1, 0.15) is 0 Å². The van der Waals surface area contributed by atoms with E-state index in [-0.39, 0.29) is 29.7 Å². The summed E-state index contributed by atoms with van der Waals surface area (Å²) in [5.41, 5.74) is 2.56. The number of thioether (sulfide) groups is 1. The summed E-state index contributed by atoms with van der Waals surface area (Å²) in [6.45, 7) is 4.15. The van der Waals surface area contributed by atoms with Gasteiger partial charge in [-0.25, -0.2) is 0 Å². The molecule has 3 nitrogen and oxygen atoms in total. The van der Waals surface area contributed by atoms with Gasteiger partial charge in [0.15, 0.2) is 0 Å². The van der Waals surface area contributed by atoms with Gasteiger partial charge in [0.25, 0.3) is 0 Å². The van der Waals surface area contributed by atoms with Crippen LogP contribution in [0.15, 0.2) is 24.3 Å². The molecule has 0 radical (unpaired) electrons. The van der Waals surface area contributed by atoms with Crippen LogP contribution in [0, 0.1) is 12.8 Å². The first kappa shape index (κ1) is 15.4. The first-order valence-corrected chi connectivity index (χ1v) is 8.36. The van der Waals surface area contributed by atoms with Gasteiger partial charge in [-0.3, -0.25) is 4.79 Å². The monoisotopic (exact) mass is 293 g/mol. The Morgan fingerprint density at radius 3 is 2.80 bits per heavy atom. The number of rotatable bonds is 6. The van der Waals surface area contributed by atoms with Gasteiger partial charge in [0, 0.05) is 17.2 Å². The van der Waals surface area contributed by atoms with Crippen LogP contribution in [0.3, 0.4) is 0 Å². The van der Waals surface area contributed by atoms with E-state index < -0.39 is 0 Å². The quantitative estimate of drug-likeness (QED) is 0.846. The number of nitrogens with one attached hydrogen (secondary N) is 1. The zero-order valence-electron chi connectivity index (χ0n) is 12.3. The minimum Gasteiger partial charge on any atom is -0.395 e. The number of benzene rings is 1. The molecule has 0 spiro atoms. The Morgan fingerprint density at radius 1 is 1.50 bits per heavy atom. The number of aliphatic hydroxyl groups excluding tert-OH is 1. The van der Waals surface area contributed by atoms with Gasteiger partial charge in [-0.1, -0.05) is 24.3 Å². The summed E-state index contributed by atoms with van der Waals surface area (Å²) >= 11 is 1.59. The van der Waals surface area contributed by atoms with E-state index in [9.17, 15) is 9.90 Å². The fourth-order valence-electron chi connectivity index (χ4n) is 2.69. The fourth-order valence-corrected chi connectivity index (χ4v) is 3.32. The highest BCUT2D eigenvalue weighted by Gasteiger charge is 2.44. The molecule has 0 aromatic heterocycles. The standard InChI is InChI=1S/C16H23NO2S/c1-10-6-4-5-7-12(10)13-8-14(13)16(19)17-11(2)15(9-18)20-3/h4-7,11,13-15,18H,8-9H2,1-3H3,(H,17,19). The molecule has 1 aromatic carbocycles. The van der Waals surface area contributed by atoms with Gasteiger partial charge in [0.05, 0.1) is 6.61 Å². The van der Waals surface area contributed by atoms with E-state index in [0.29, 0.717) is 5.92 Å². The second-order valence-electron chi connectivity index (χ2n) is 5.56. The molecule has 20 heavy (non-hydrogen) atoms. The van der Waals surface area contributed by atoms with E-state index in [0.717, 1.165) is 6.42 Å². The average molecular weight is 293 g/mol. The maximum absolute atomic E-state index is 12.2. The minimum atomic E-state index is 0.000574. The van der Waals surface area contributed by atoms with Crippen LogP contribution >= 0.6 is 11.8 Å². The van der Waals surface area contributed by atoms with Crippen molar-refractivity contribution in [2.24, 2.45) is 5.92 Å². The maximum Gasteiger partial charge on any atom is 0.223 e. The molecule has 2 N–H and O–H groups in total. The van der Waals surface area contributed by atoms with Crippen molar-refractivity contribution >= 4 is 17.7 Å². The molecule has 1 saturated carbocycles. The van der Waals surface area contributed by atoms with Gasteiger partial charge < -0.3 is 10.4 Å². The van der Waals surface area contributed by atoms with Crippen molar-refractivity contribution < 1.29 is 9.90 Å². The van der Waals surface area contributed by atoms with Crippen molar-refractivity contribution in [2.75, 3.05) is 12.9 Å². The van der Waals surface area contributed by atoms with E-state index in [1.54, 1.807) is 11.8 Å². The predicted octanol–water partition coefficient (Wildman–Crippen LogP) is 2.33. The molecule has 0 aliphatic heterocycles. The van der Waals surface area contributed by atoms with Gasteiger partial charge in [-0.2, -0.15) is 11.8 Å². The third kappa shape index (κ3) is 3.36. The molecule has 0 saturated heterocycles. The first-order valence-electron chi connectivity index (χ1n) is 7.08. The molecular formula is C16H23NO2S. The average Bonchev–Trinajstić information content (AvgIpc) is 3.21. The molecule has 2 rings (SSSR count). The number of aliphatic hydroxyl groups is 1. The number of hydrogen-bond donors (Lipinski definition) is 2. The zero-order valence-corrected chi connectivity index (χ0v) is 13.1. The van der Waals surface area contributed by atoms with E-state index in [4.69, 9.17) is 0 Å². The summed E-state index contributed by atoms with van der Waals surface area (Å²) in [5, 5.41) is 12.4. The Bertz CT molecular complexity index is 473. The predicted molar refractivity (Wildman–Crippen MR) is 84.0 cm³/mol. The minimum absolute atomic E-state index is 0.000574. The Balaban J connectivity index is 1.92. The lowest BCUT2D eigenvalue weighted by Gasteiger charge is -2.21. The Kier molecular flexibility index (Phi) is 5.11. The molecular weight excluding hydrogens is 270 g/mol. The summed E-state index contributed by atoms with van der Waals surface area (Å²) in [7, 11) is 0. The normalized spacial score (nSPS) is 24.0. The van der Waals surface area contributed by atoms with Crippen molar-refractivity contribution in [3.8, 4) is 0 Å². The second-order valence-corrected chi connectivity index (χ2v) is 6.64. The van der Waals surface area contributed by atoms with E-state index in [1.807, 2.05) is 25.3 Å². The summed E-state index contributed by atoms with van der Waals surface area (Å²) in [6.07, 6.45) is 2.89. The third-order valence-electron chi connectivity index (χ3n) is 4.13. The molecule has 1 aliphatic carbocycles. The molecule has 1 fully saturated rings. The van der Waals surface area contributed by atoms with Crippen LogP contribution in [0.4, 0.5) is 0 Å². The maximum atomic E-state index is 12.2. The number of carbonyl (C=O) groups excluding carboxylic acids is 1. The van der Waals surface area contributed by atoms with Crippen molar-refractivity contribution in [3.63, 3.8) is 0 Å². The SMILES string of the molecule is CSC(CO)C(C)NC(=O)C1CC1c1ccccc1C. The largest absolute Gasteiger partial charge is 0.395 e. The second kappa shape index (κ2) is 6.64. The van der Waals surface area contributed by atoms with E-state index in [2.05, 4.69) is 24.4 Å². The Morgan fingerprint density at radius 2 is 2.20 bits per heavy atom. The smallest absolute Gasteiger partial charge is 0.223 e. The molecule has 1 aromatic rings. The van der Waals surface area contributed by atoms with Crippen molar-refractivity contribution in [1.82, 2.24) is 5.32 Å². The summed E-state index contributed by atoms with van der Waals surface area (Å²) in [5.74, 6) is 0.586. The molecule has 0 heterocycles. The highest BCUT2D eigenvalue weighted by atomic mass is 32.2. The van der Waals surface area contributed by atoms with Crippen molar-refractivity contribution in [2.45, 2.75) is 37.5 Å². The molecule has 0 bridgehead atoms. The lowest BCUT2D eigenvalue weighted by Crippen LogP contribution is -2.42.